The zero-order valence-electron chi connectivity index (χ0n) is 21.4. The van der Waals surface area contributed by atoms with Gasteiger partial charge in [0.15, 0.2) is 24.5 Å². The fourth-order valence-electron chi connectivity index (χ4n) is 5.63. The number of fused-ring (bicyclic) bond motifs is 7. The van der Waals surface area contributed by atoms with Crippen LogP contribution in [0.2, 0.25) is 5.02 Å². The van der Waals surface area contributed by atoms with Crippen molar-refractivity contribution in [3.05, 3.63) is 59.6 Å². The van der Waals surface area contributed by atoms with E-state index < -0.39 is 42.4 Å². The molecule has 9 nitrogen and oxygen atoms in total. The molecule has 0 bridgehead atoms. The topological polar surface area (TPSA) is 109 Å². The number of para-hydroxylation sites is 1. The van der Waals surface area contributed by atoms with Crippen molar-refractivity contribution < 1.29 is 33.3 Å². The predicted octanol–water partition coefficient (Wildman–Crippen LogP) is 5.41. The Labute approximate surface area is 227 Å². The number of nitrogens with zero attached hydrogens (tertiary/aromatic N) is 1. The third-order valence-corrected chi connectivity index (χ3v) is 7.22. The lowest BCUT2D eigenvalue weighted by atomic mass is 10.0. The van der Waals surface area contributed by atoms with E-state index in [2.05, 4.69) is 4.98 Å². The summed E-state index contributed by atoms with van der Waals surface area (Å²) in [5.74, 6) is -1.77. The average molecular weight is 549 g/mol. The number of nitrogens with one attached hydrogen (secondary N) is 1. The van der Waals surface area contributed by atoms with E-state index in [0.29, 0.717) is 5.02 Å². The molecule has 1 saturated heterocycles. The van der Waals surface area contributed by atoms with Crippen LogP contribution in [0.1, 0.15) is 27.0 Å². The van der Waals surface area contributed by atoms with Crippen molar-refractivity contribution in [2.24, 2.45) is 0 Å². The minimum atomic E-state index is -1.11. The summed E-state index contributed by atoms with van der Waals surface area (Å²) >= 11 is 6.32. The third kappa shape index (κ3) is 4.27. The minimum absolute atomic E-state index is 0.0771. The van der Waals surface area contributed by atoms with Crippen LogP contribution in [0.5, 0.6) is 0 Å². The predicted molar refractivity (Wildman–Crippen MR) is 145 cm³/mol. The van der Waals surface area contributed by atoms with E-state index in [1.807, 2.05) is 59.2 Å². The minimum Gasteiger partial charge on any atom is -0.456 e. The third-order valence-electron chi connectivity index (χ3n) is 6.98. The molecule has 0 spiro atoms. The zero-order chi connectivity index (χ0) is 27.4. The van der Waals surface area contributed by atoms with Crippen molar-refractivity contribution in [2.75, 3.05) is 6.61 Å². The van der Waals surface area contributed by atoms with Crippen molar-refractivity contribution in [1.82, 2.24) is 9.55 Å². The molecule has 0 amide bonds. The molecule has 0 radical (unpaired) electrons. The number of rotatable bonds is 4. The summed E-state index contributed by atoms with van der Waals surface area (Å²) in [6.45, 7) is 3.69. The number of halogens is 1. The highest BCUT2D eigenvalue weighted by Gasteiger charge is 2.48. The lowest BCUT2D eigenvalue weighted by molar-refractivity contribution is -0.238. The molecule has 1 aliphatic heterocycles. The van der Waals surface area contributed by atoms with Crippen LogP contribution in [-0.4, -0.2) is 52.4 Å². The monoisotopic (exact) mass is 548 g/mol. The first-order chi connectivity index (χ1) is 18.7. The maximum Gasteiger partial charge on any atom is 0.303 e. The number of benzene rings is 3. The van der Waals surface area contributed by atoms with Gasteiger partial charge in [0.2, 0.25) is 0 Å². The van der Waals surface area contributed by atoms with E-state index >= 15 is 0 Å². The first kappa shape index (κ1) is 25.2. The van der Waals surface area contributed by atoms with Crippen molar-refractivity contribution in [2.45, 2.75) is 45.3 Å². The van der Waals surface area contributed by atoms with Crippen LogP contribution in [0, 0.1) is 0 Å². The molecule has 2 aromatic heterocycles. The first-order valence-corrected chi connectivity index (χ1v) is 12.9. The van der Waals surface area contributed by atoms with E-state index in [9.17, 15) is 14.4 Å². The number of esters is 3. The molecule has 3 heterocycles. The van der Waals surface area contributed by atoms with Gasteiger partial charge in [0, 0.05) is 52.9 Å². The first-order valence-electron chi connectivity index (χ1n) is 12.5. The second-order valence-electron chi connectivity index (χ2n) is 9.61. The van der Waals surface area contributed by atoms with E-state index in [0.717, 1.165) is 43.6 Å². The maximum atomic E-state index is 12.3. The SMILES string of the molecule is CC(=O)O[C@@H]1[C@@H](OC(C)=O)[C@H](OC(C)=O)CO[C@H]1n1c2ccccc2c2ccc3c4cc(Cl)ccc4[nH]c3c21. The summed E-state index contributed by atoms with van der Waals surface area (Å²) in [6, 6.07) is 17.6. The highest BCUT2D eigenvalue weighted by molar-refractivity contribution is 6.32. The smallest absolute Gasteiger partial charge is 0.303 e. The van der Waals surface area contributed by atoms with Gasteiger partial charge in [-0.3, -0.25) is 14.4 Å². The van der Waals surface area contributed by atoms with Crippen LogP contribution in [0.3, 0.4) is 0 Å². The van der Waals surface area contributed by atoms with Crippen molar-refractivity contribution in [1.29, 1.82) is 0 Å². The second kappa shape index (κ2) is 9.59. The molecule has 1 aliphatic rings. The van der Waals surface area contributed by atoms with E-state index in [4.69, 9.17) is 30.5 Å². The standard InChI is InChI=1S/C29H25ClN2O7/c1-14(33)37-24-13-36-29(28(39-16(3)35)27(24)38-15(2)34)32-23-7-5-4-6-18(23)20-10-9-19-21-12-17(30)8-11-22(21)31-25(19)26(20)32/h4-12,24,27-29,31H,13H2,1-3H3/t24-,27+,28-,29-/m1/s1. The molecule has 5 aromatic rings. The van der Waals surface area contributed by atoms with Gasteiger partial charge >= 0.3 is 17.9 Å². The van der Waals surface area contributed by atoms with Gasteiger partial charge in [-0.25, -0.2) is 0 Å². The Morgan fingerprint density at radius 3 is 2.28 bits per heavy atom. The second-order valence-corrected chi connectivity index (χ2v) is 10.0. The van der Waals surface area contributed by atoms with Crippen molar-refractivity contribution in [3.63, 3.8) is 0 Å². The normalized spacial score (nSPS) is 21.4. The number of H-pyrrole nitrogens is 1. The molecule has 0 unspecified atom stereocenters. The molecule has 1 fully saturated rings. The molecular formula is C29H25ClN2O7. The van der Waals surface area contributed by atoms with Gasteiger partial charge < -0.3 is 28.5 Å². The molecular weight excluding hydrogens is 524 g/mol. The van der Waals surface area contributed by atoms with Crippen LogP contribution in [0.25, 0.3) is 43.6 Å². The number of hydrogen-bond acceptors (Lipinski definition) is 7. The molecule has 0 aliphatic carbocycles. The van der Waals surface area contributed by atoms with Gasteiger partial charge in [0.25, 0.3) is 0 Å². The lowest BCUT2D eigenvalue weighted by Gasteiger charge is -2.41. The summed E-state index contributed by atoms with van der Waals surface area (Å²) in [6.07, 6.45) is -4.08. The van der Waals surface area contributed by atoms with Crippen molar-refractivity contribution >= 4 is 73.1 Å². The maximum absolute atomic E-state index is 12.3. The van der Waals surface area contributed by atoms with Crippen LogP contribution in [0.15, 0.2) is 54.6 Å². The van der Waals surface area contributed by atoms with Gasteiger partial charge in [-0.2, -0.15) is 0 Å². The Morgan fingerprint density at radius 2 is 1.54 bits per heavy atom. The lowest BCUT2D eigenvalue weighted by Crippen LogP contribution is -2.55. The summed E-state index contributed by atoms with van der Waals surface area (Å²) in [7, 11) is 0. The number of aromatic nitrogens is 2. The Bertz CT molecular complexity index is 1790. The quantitative estimate of drug-likeness (QED) is 0.236. The summed E-state index contributed by atoms with van der Waals surface area (Å²) in [4.78, 5) is 39.8. The Balaban J connectivity index is 1.64. The van der Waals surface area contributed by atoms with E-state index in [1.54, 1.807) is 0 Å². The summed E-state index contributed by atoms with van der Waals surface area (Å²) in [5, 5.41) is 4.45. The number of hydrogen-bond donors (Lipinski definition) is 1. The van der Waals surface area contributed by atoms with E-state index in [1.165, 1.54) is 20.8 Å². The van der Waals surface area contributed by atoms with Gasteiger partial charge in [-0.05, 0) is 24.3 Å². The number of ether oxygens (including phenoxy) is 4. The molecule has 200 valence electrons. The molecule has 39 heavy (non-hydrogen) atoms. The van der Waals surface area contributed by atoms with Gasteiger partial charge in [-0.1, -0.05) is 41.9 Å². The Morgan fingerprint density at radius 1 is 0.846 bits per heavy atom. The number of carbonyl (C=O) groups is 3. The molecule has 10 heteroatoms. The van der Waals surface area contributed by atoms with Crippen LogP contribution in [-0.2, 0) is 33.3 Å². The largest absolute Gasteiger partial charge is 0.456 e. The van der Waals surface area contributed by atoms with Crippen LogP contribution >= 0.6 is 11.6 Å². The molecule has 3 aromatic carbocycles. The molecule has 4 atom stereocenters. The molecule has 6 rings (SSSR count). The Hall–Kier alpha value is -4.08. The fraction of sp³-hybridized carbons (Fsp3) is 0.276. The van der Waals surface area contributed by atoms with Gasteiger partial charge in [-0.15, -0.1) is 0 Å². The zero-order valence-corrected chi connectivity index (χ0v) is 22.2. The highest BCUT2D eigenvalue weighted by atomic mass is 35.5. The molecule has 1 N–H and O–H groups in total. The number of aromatic amines is 1. The summed E-state index contributed by atoms with van der Waals surface area (Å²) in [5.41, 5.74) is 3.40. The van der Waals surface area contributed by atoms with Crippen LogP contribution < -0.4 is 0 Å². The fourth-order valence-corrected chi connectivity index (χ4v) is 5.81. The van der Waals surface area contributed by atoms with Gasteiger partial charge in [0.1, 0.15) is 0 Å². The van der Waals surface area contributed by atoms with Gasteiger partial charge in [0.05, 0.1) is 23.2 Å². The van der Waals surface area contributed by atoms with E-state index in [-0.39, 0.29) is 6.61 Å². The van der Waals surface area contributed by atoms with Crippen molar-refractivity contribution in [3.8, 4) is 0 Å². The Kier molecular flexibility index (Phi) is 6.20. The highest BCUT2D eigenvalue weighted by Crippen LogP contribution is 2.42. The molecule has 0 saturated carbocycles. The summed E-state index contributed by atoms with van der Waals surface area (Å²) < 4.78 is 25.0. The number of carbonyl (C=O) groups excluding carboxylic acids is 3. The van der Waals surface area contributed by atoms with Crippen LogP contribution in [0.4, 0.5) is 0 Å². The average Bonchev–Trinajstić information content (AvgIpc) is 3.41.